The average Bonchev–Trinajstić information content (AvgIpc) is 2.66. The summed E-state index contributed by atoms with van der Waals surface area (Å²) in [5.41, 5.74) is 1.77. The lowest BCUT2D eigenvalue weighted by Gasteiger charge is -2.19. The molecule has 0 bridgehead atoms. The van der Waals surface area contributed by atoms with E-state index in [1.807, 2.05) is 24.3 Å². The molecule has 1 amide bonds. The normalized spacial score (nSPS) is 12.1. The maximum Gasteiger partial charge on any atom is 0.251 e. The van der Waals surface area contributed by atoms with Gasteiger partial charge in [0.2, 0.25) is 5.56 Å². The quantitative estimate of drug-likeness (QED) is 0.544. The second-order valence-corrected chi connectivity index (χ2v) is 6.52. The van der Waals surface area contributed by atoms with Crippen LogP contribution < -0.4 is 10.9 Å². The lowest BCUT2D eigenvalue weighted by molar-refractivity contribution is -0.0105. The van der Waals surface area contributed by atoms with Crippen molar-refractivity contribution < 1.29 is 14.6 Å². The number of amides is 1. The maximum atomic E-state index is 12.5. The fraction of sp³-hybridized carbons (Fsp3) is 0.200. The number of fused-ring (bicyclic) bond motifs is 1. The van der Waals surface area contributed by atoms with Crippen molar-refractivity contribution in [2.45, 2.75) is 12.5 Å². The van der Waals surface area contributed by atoms with E-state index in [4.69, 9.17) is 21.4 Å². The van der Waals surface area contributed by atoms with Gasteiger partial charge in [-0.05, 0) is 42.3 Å². The SMILES string of the molecule is O=C(NC(COCO)Cc1cc(=O)[nH]c2ccccc12)c1ccc(Cl)cc1. The summed E-state index contributed by atoms with van der Waals surface area (Å²) < 4.78 is 5.10. The van der Waals surface area contributed by atoms with Crippen LogP contribution in [0.1, 0.15) is 15.9 Å². The van der Waals surface area contributed by atoms with Crippen molar-refractivity contribution in [3.05, 3.63) is 81.1 Å². The zero-order chi connectivity index (χ0) is 19.2. The monoisotopic (exact) mass is 386 g/mol. The molecule has 27 heavy (non-hydrogen) atoms. The first-order valence-electron chi connectivity index (χ1n) is 8.43. The summed E-state index contributed by atoms with van der Waals surface area (Å²) in [6.07, 6.45) is 0.379. The third kappa shape index (κ3) is 4.95. The van der Waals surface area contributed by atoms with Gasteiger partial charge in [0.05, 0.1) is 12.6 Å². The number of halogens is 1. The number of H-pyrrole nitrogens is 1. The summed E-state index contributed by atoms with van der Waals surface area (Å²) >= 11 is 5.86. The molecule has 1 unspecified atom stereocenters. The van der Waals surface area contributed by atoms with Crippen LogP contribution in [0, 0.1) is 0 Å². The number of carbonyl (C=O) groups is 1. The van der Waals surface area contributed by atoms with Gasteiger partial charge in [0.15, 0.2) is 0 Å². The largest absolute Gasteiger partial charge is 0.371 e. The van der Waals surface area contributed by atoms with E-state index in [2.05, 4.69) is 10.3 Å². The zero-order valence-electron chi connectivity index (χ0n) is 14.4. The van der Waals surface area contributed by atoms with Crippen LogP contribution in [0.25, 0.3) is 10.9 Å². The Morgan fingerprint density at radius 2 is 1.93 bits per heavy atom. The first-order valence-corrected chi connectivity index (χ1v) is 8.80. The lowest BCUT2D eigenvalue weighted by atomic mass is 10.0. The summed E-state index contributed by atoms with van der Waals surface area (Å²) in [4.78, 5) is 27.3. The molecule has 0 spiro atoms. The van der Waals surface area contributed by atoms with Gasteiger partial charge in [0.1, 0.15) is 6.79 Å². The molecule has 3 N–H and O–H groups in total. The van der Waals surface area contributed by atoms with Crippen molar-refractivity contribution in [2.24, 2.45) is 0 Å². The molecule has 0 saturated heterocycles. The Labute approximate surface area is 160 Å². The minimum atomic E-state index is -0.455. The minimum Gasteiger partial charge on any atom is -0.371 e. The first kappa shape index (κ1) is 19.1. The Morgan fingerprint density at radius 3 is 2.67 bits per heavy atom. The molecule has 140 valence electrons. The molecule has 3 aromatic rings. The number of aliphatic hydroxyl groups is 1. The van der Waals surface area contributed by atoms with Crippen molar-refractivity contribution in [3.63, 3.8) is 0 Å². The van der Waals surface area contributed by atoms with E-state index < -0.39 is 12.8 Å². The molecule has 1 aromatic heterocycles. The van der Waals surface area contributed by atoms with Crippen molar-refractivity contribution in [2.75, 3.05) is 13.4 Å². The Kier molecular flexibility index (Phi) is 6.24. The van der Waals surface area contributed by atoms with E-state index in [-0.39, 0.29) is 18.1 Å². The molecule has 6 nitrogen and oxygen atoms in total. The van der Waals surface area contributed by atoms with E-state index in [9.17, 15) is 9.59 Å². The Bertz CT molecular complexity index is 985. The molecule has 3 rings (SSSR count). The number of nitrogens with one attached hydrogen (secondary N) is 2. The average molecular weight is 387 g/mol. The van der Waals surface area contributed by atoms with Gasteiger partial charge in [-0.25, -0.2) is 0 Å². The van der Waals surface area contributed by atoms with Crippen molar-refractivity contribution in [1.82, 2.24) is 10.3 Å². The number of rotatable bonds is 7. The van der Waals surface area contributed by atoms with Crippen LogP contribution >= 0.6 is 11.6 Å². The van der Waals surface area contributed by atoms with E-state index in [1.54, 1.807) is 24.3 Å². The van der Waals surface area contributed by atoms with Gasteiger partial charge in [-0.2, -0.15) is 0 Å². The molecule has 0 radical (unpaired) electrons. The molecular formula is C20H19ClN2O4. The highest BCUT2D eigenvalue weighted by molar-refractivity contribution is 6.30. The number of aromatic amines is 1. The van der Waals surface area contributed by atoms with Gasteiger partial charge in [-0.3, -0.25) is 9.59 Å². The third-order valence-corrected chi connectivity index (χ3v) is 4.41. The number of aromatic nitrogens is 1. The number of hydrogen-bond acceptors (Lipinski definition) is 4. The van der Waals surface area contributed by atoms with Crippen LogP contribution in [0.15, 0.2) is 59.4 Å². The first-order chi connectivity index (χ1) is 13.1. The molecular weight excluding hydrogens is 368 g/mol. The third-order valence-electron chi connectivity index (χ3n) is 4.15. The number of pyridine rings is 1. The van der Waals surface area contributed by atoms with Gasteiger partial charge >= 0.3 is 0 Å². The lowest BCUT2D eigenvalue weighted by Crippen LogP contribution is -2.40. The molecule has 0 aliphatic rings. The van der Waals surface area contributed by atoms with Crippen LogP contribution in [-0.2, 0) is 11.2 Å². The van der Waals surface area contributed by atoms with Gasteiger partial charge in [-0.1, -0.05) is 29.8 Å². The van der Waals surface area contributed by atoms with Crippen LogP contribution in [0.2, 0.25) is 5.02 Å². The van der Waals surface area contributed by atoms with Crippen LogP contribution in [0.4, 0.5) is 0 Å². The summed E-state index contributed by atoms with van der Waals surface area (Å²) in [6, 6.07) is 15.1. The second-order valence-electron chi connectivity index (χ2n) is 6.09. The topological polar surface area (TPSA) is 91.4 Å². The Hall–Kier alpha value is -2.67. The second kappa shape index (κ2) is 8.81. The maximum absolute atomic E-state index is 12.5. The van der Waals surface area contributed by atoms with Crippen molar-refractivity contribution in [3.8, 4) is 0 Å². The standard InChI is InChI=1S/C20H19ClN2O4/c21-15-7-5-13(6-8-15)20(26)22-16(11-27-12-24)9-14-10-19(25)23-18-4-2-1-3-17(14)18/h1-8,10,16,24H,9,11-12H2,(H,22,26)(H,23,25). The number of ether oxygens (including phenoxy) is 1. The molecule has 0 aliphatic heterocycles. The molecule has 0 aliphatic carbocycles. The molecule has 0 saturated carbocycles. The molecule has 1 atom stereocenters. The van der Waals surface area contributed by atoms with E-state index in [0.29, 0.717) is 17.0 Å². The summed E-state index contributed by atoms with van der Waals surface area (Å²) in [5.74, 6) is -0.285. The molecule has 1 heterocycles. The molecule has 2 aromatic carbocycles. The van der Waals surface area contributed by atoms with Crippen molar-refractivity contribution >= 4 is 28.4 Å². The Morgan fingerprint density at radius 1 is 1.19 bits per heavy atom. The zero-order valence-corrected chi connectivity index (χ0v) is 15.2. The fourth-order valence-corrected chi connectivity index (χ4v) is 3.05. The van der Waals surface area contributed by atoms with Gasteiger partial charge in [-0.15, -0.1) is 0 Å². The number of hydrogen-bond donors (Lipinski definition) is 3. The van der Waals surface area contributed by atoms with Crippen molar-refractivity contribution in [1.29, 1.82) is 0 Å². The van der Waals surface area contributed by atoms with Crippen LogP contribution in [0.3, 0.4) is 0 Å². The summed E-state index contributed by atoms with van der Waals surface area (Å²) in [6.45, 7) is -0.347. The predicted octanol–water partition coefficient (Wildman–Crippen LogP) is 2.49. The van der Waals surface area contributed by atoms with E-state index >= 15 is 0 Å². The molecule has 0 fully saturated rings. The molecule has 7 heteroatoms. The van der Waals surface area contributed by atoms with Gasteiger partial charge in [0.25, 0.3) is 5.91 Å². The summed E-state index contributed by atoms with van der Waals surface area (Å²) in [5, 5.41) is 13.3. The number of carbonyl (C=O) groups excluding carboxylic acids is 1. The highest BCUT2D eigenvalue weighted by atomic mass is 35.5. The smallest absolute Gasteiger partial charge is 0.251 e. The highest BCUT2D eigenvalue weighted by Crippen LogP contribution is 2.17. The van der Waals surface area contributed by atoms with E-state index in [1.165, 1.54) is 6.07 Å². The van der Waals surface area contributed by atoms with Crippen LogP contribution in [-0.4, -0.2) is 35.4 Å². The summed E-state index contributed by atoms with van der Waals surface area (Å²) in [7, 11) is 0. The van der Waals surface area contributed by atoms with Crippen LogP contribution in [0.5, 0.6) is 0 Å². The number of aliphatic hydroxyl groups excluding tert-OH is 1. The minimum absolute atomic E-state index is 0.108. The number of para-hydroxylation sites is 1. The predicted molar refractivity (Wildman–Crippen MR) is 104 cm³/mol. The fourth-order valence-electron chi connectivity index (χ4n) is 2.93. The number of benzene rings is 2. The Balaban J connectivity index is 1.84. The van der Waals surface area contributed by atoms with Gasteiger partial charge in [0, 0.05) is 27.6 Å². The highest BCUT2D eigenvalue weighted by Gasteiger charge is 2.17. The van der Waals surface area contributed by atoms with E-state index in [0.717, 1.165) is 16.5 Å². The van der Waals surface area contributed by atoms with Gasteiger partial charge < -0.3 is 20.1 Å².